The van der Waals surface area contributed by atoms with Gasteiger partial charge in [-0.2, -0.15) is 18.3 Å². The maximum atomic E-state index is 14.5. The van der Waals surface area contributed by atoms with Gasteiger partial charge in [0.1, 0.15) is 30.8 Å². The molecule has 168 valence electrons. The number of benzene rings is 2. The van der Waals surface area contributed by atoms with Gasteiger partial charge in [-0.3, -0.25) is 4.79 Å². The van der Waals surface area contributed by atoms with Crippen LogP contribution in [0.2, 0.25) is 5.02 Å². The third-order valence-corrected chi connectivity index (χ3v) is 5.84. The van der Waals surface area contributed by atoms with E-state index in [1.165, 1.54) is 22.2 Å². The molecule has 6 nitrogen and oxygen atoms in total. The molecule has 0 unspecified atom stereocenters. The van der Waals surface area contributed by atoms with Gasteiger partial charge in [0.25, 0.3) is 5.91 Å². The highest BCUT2D eigenvalue weighted by atomic mass is 35.5. The molecule has 2 atom stereocenters. The molecule has 0 saturated carbocycles. The number of hydrogen-bond acceptors (Lipinski definition) is 4. The summed E-state index contributed by atoms with van der Waals surface area (Å²) in [6.45, 7) is 1.71. The minimum atomic E-state index is -4.71. The van der Waals surface area contributed by atoms with E-state index in [2.05, 4.69) is 10.1 Å². The van der Waals surface area contributed by atoms with Crippen LogP contribution in [-0.2, 0) is 23.1 Å². The lowest BCUT2D eigenvalue weighted by Crippen LogP contribution is -2.46. The maximum Gasteiger partial charge on any atom is 0.416 e. The Morgan fingerprint density at radius 1 is 1.25 bits per heavy atom. The molecule has 2 heterocycles. The molecule has 3 aromatic rings. The number of hydrogen-bond donors (Lipinski definition) is 0. The Morgan fingerprint density at radius 3 is 2.56 bits per heavy atom. The number of nitrogens with zero attached hydrogens (tertiary/aromatic N) is 4. The van der Waals surface area contributed by atoms with Crippen LogP contribution in [0.5, 0.6) is 0 Å². The highest BCUT2D eigenvalue weighted by Gasteiger charge is 2.50. The fourth-order valence-corrected chi connectivity index (χ4v) is 3.93. The van der Waals surface area contributed by atoms with Crippen LogP contribution in [0.15, 0.2) is 55.1 Å². The molecule has 11 heteroatoms. The average Bonchev–Trinajstić information content (AvgIpc) is 3.36. The van der Waals surface area contributed by atoms with E-state index in [0.717, 1.165) is 6.07 Å². The molecule has 32 heavy (non-hydrogen) atoms. The van der Waals surface area contributed by atoms with Crippen LogP contribution in [0.4, 0.5) is 17.6 Å². The van der Waals surface area contributed by atoms with E-state index in [-0.39, 0.29) is 13.3 Å². The lowest BCUT2D eigenvalue weighted by molar-refractivity contribution is -0.137. The zero-order valence-corrected chi connectivity index (χ0v) is 17.4. The van der Waals surface area contributed by atoms with Gasteiger partial charge in [0.2, 0.25) is 0 Å². The molecular weight excluding hydrogens is 452 g/mol. The molecule has 1 aliphatic heterocycles. The van der Waals surface area contributed by atoms with E-state index in [9.17, 15) is 22.4 Å². The Bertz CT molecular complexity index is 1120. The summed E-state index contributed by atoms with van der Waals surface area (Å²) >= 11 is 6.01. The number of carbonyl (C=O) groups is 1. The van der Waals surface area contributed by atoms with Crippen LogP contribution < -0.4 is 0 Å². The monoisotopic (exact) mass is 468 g/mol. The van der Waals surface area contributed by atoms with Gasteiger partial charge in [0.05, 0.1) is 23.7 Å². The first-order chi connectivity index (χ1) is 15.1. The van der Waals surface area contributed by atoms with E-state index < -0.39 is 40.7 Å². The van der Waals surface area contributed by atoms with Crippen molar-refractivity contribution in [2.75, 3.05) is 6.73 Å². The fourth-order valence-electron chi connectivity index (χ4n) is 3.80. The van der Waals surface area contributed by atoms with Gasteiger partial charge in [0, 0.05) is 5.02 Å². The van der Waals surface area contributed by atoms with Gasteiger partial charge < -0.3 is 9.64 Å². The van der Waals surface area contributed by atoms with Gasteiger partial charge in [-0.15, -0.1) is 0 Å². The normalized spacial score (nSPS) is 21.2. The number of aromatic nitrogens is 3. The number of ether oxygens (including phenoxy) is 1. The Morgan fingerprint density at radius 2 is 1.97 bits per heavy atom. The van der Waals surface area contributed by atoms with Crippen molar-refractivity contribution in [2.24, 2.45) is 0 Å². The van der Waals surface area contributed by atoms with E-state index in [1.54, 1.807) is 31.2 Å². The molecule has 0 radical (unpaired) electrons. The predicted octanol–water partition coefficient (Wildman–Crippen LogP) is 4.50. The Labute approximate surface area is 185 Å². The van der Waals surface area contributed by atoms with Gasteiger partial charge in [-0.25, -0.2) is 14.1 Å². The van der Waals surface area contributed by atoms with E-state index in [0.29, 0.717) is 22.7 Å². The van der Waals surface area contributed by atoms with Crippen LogP contribution in [0.25, 0.3) is 0 Å². The average molecular weight is 469 g/mol. The first-order valence-electron chi connectivity index (χ1n) is 9.52. The summed E-state index contributed by atoms with van der Waals surface area (Å²) in [5, 5.41) is 4.62. The van der Waals surface area contributed by atoms with Crippen molar-refractivity contribution < 1.29 is 27.1 Å². The number of carbonyl (C=O) groups excluding carboxylic acids is 1. The standard InChI is InChI=1S/C21H17ClF4N4O2/c1-13-20(9-29-11-27-10-28-29,14-2-5-16(22)6-3-14)32-12-30(13)19(31)17-7-4-15(8-18(17)23)21(24,25)26/h2-8,10-11,13H,9,12H2,1H3/t13-,20-/m0/s1. The Hall–Kier alpha value is -2.98. The molecule has 1 aliphatic rings. The third-order valence-electron chi connectivity index (χ3n) is 5.59. The summed E-state index contributed by atoms with van der Waals surface area (Å²) in [6, 6.07) is 8.07. The van der Waals surface area contributed by atoms with Crippen molar-refractivity contribution in [2.45, 2.75) is 31.3 Å². The van der Waals surface area contributed by atoms with E-state index in [1.807, 2.05) is 0 Å². The van der Waals surface area contributed by atoms with Crippen LogP contribution >= 0.6 is 11.6 Å². The van der Waals surface area contributed by atoms with Crippen molar-refractivity contribution in [1.82, 2.24) is 19.7 Å². The van der Waals surface area contributed by atoms with Crippen molar-refractivity contribution in [1.29, 1.82) is 0 Å². The van der Waals surface area contributed by atoms with E-state index >= 15 is 0 Å². The molecule has 0 N–H and O–H groups in total. The molecule has 2 aromatic carbocycles. The number of alkyl halides is 3. The van der Waals surface area contributed by atoms with Crippen molar-refractivity contribution in [3.63, 3.8) is 0 Å². The summed E-state index contributed by atoms with van der Waals surface area (Å²) in [7, 11) is 0. The zero-order chi connectivity index (χ0) is 23.1. The highest BCUT2D eigenvalue weighted by Crippen LogP contribution is 2.40. The topological polar surface area (TPSA) is 60.2 Å². The molecular formula is C21H17ClF4N4O2. The van der Waals surface area contributed by atoms with Crippen LogP contribution in [0.3, 0.4) is 0 Å². The smallest absolute Gasteiger partial charge is 0.346 e. The van der Waals surface area contributed by atoms with Gasteiger partial charge in [-0.05, 0) is 42.8 Å². The maximum absolute atomic E-state index is 14.5. The minimum absolute atomic E-state index is 0.190. The molecule has 0 aliphatic carbocycles. The van der Waals surface area contributed by atoms with Crippen molar-refractivity contribution >= 4 is 17.5 Å². The summed E-state index contributed by atoms with van der Waals surface area (Å²) < 4.78 is 60.7. The fraction of sp³-hybridized carbons (Fsp3) is 0.286. The number of rotatable bonds is 4. The Kier molecular flexibility index (Phi) is 5.68. The highest BCUT2D eigenvalue weighted by molar-refractivity contribution is 6.30. The van der Waals surface area contributed by atoms with Crippen LogP contribution in [0.1, 0.15) is 28.4 Å². The van der Waals surface area contributed by atoms with Gasteiger partial charge >= 0.3 is 6.18 Å². The third kappa shape index (κ3) is 3.95. The summed E-state index contributed by atoms with van der Waals surface area (Å²) in [5.41, 5.74) is -2.01. The summed E-state index contributed by atoms with van der Waals surface area (Å²) in [5.74, 6) is -2.03. The molecule has 1 fully saturated rings. The predicted molar refractivity (Wildman–Crippen MR) is 106 cm³/mol. The largest absolute Gasteiger partial charge is 0.416 e. The minimum Gasteiger partial charge on any atom is -0.346 e. The first-order valence-corrected chi connectivity index (χ1v) is 9.90. The Balaban J connectivity index is 1.68. The molecule has 1 aromatic heterocycles. The lowest BCUT2D eigenvalue weighted by atomic mass is 9.86. The zero-order valence-electron chi connectivity index (χ0n) is 16.7. The molecule has 1 amide bonds. The summed E-state index contributed by atoms with van der Waals surface area (Å²) in [6.07, 6.45) is -1.86. The second-order valence-electron chi connectivity index (χ2n) is 7.41. The number of halogens is 5. The van der Waals surface area contributed by atoms with Crippen LogP contribution in [-0.4, -0.2) is 38.3 Å². The molecule has 0 bridgehead atoms. The quantitative estimate of drug-likeness (QED) is 0.529. The number of amides is 1. The van der Waals surface area contributed by atoms with Gasteiger partial charge in [-0.1, -0.05) is 23.7 Å². The summed E-state index contributed by atoms with van der Waals surface area (Å²) in [4.78, 5) is 18.3. The van der Waals surface area contributed by atoms with Crippen molar-refractivity contribution in [3.05, 3.63) is 82.6 Å². The van der Waals surface area contributed by atoms with Crippen molar-refractivity contribution in [3.8, 4) is 0 Å². The van der Waals surface area contributed by atoms with Gasteiger partial charge in [0.15, 0.2) is 0 Å². The molecule has 1 saturated heterocycles. The lowest BCUT2D eigenvalue weighted by Gasteiger charge is -2.34. The van der Waals surface area contributed by atoms with Crippen LogP contribution in [0, 0.1) is 5.82 Å². The second kappa shape index (κ2) is 8.18. The first kappa shape index (κ1) is 22.2. The van der Waals surface area contributed by atoms with E-state index in [4.69, 9.17) is 16.3 Å². The second-order valence-corrected chi connectivity index (χ2v) is 7.84. The molecule has 4 rings (SSSR count). The SMILES string of the molecule is C[C@@H]1N(C(=O)c2ccc(C(F)(F)F)cc2F)CO[C@]1(Cn1cncn1)c1ccc(Cl)cc1. The molecule has 0 spiro atoms.